The molecule has 0 saturated carbocycles. The molecule has 0 amide bonds. The minimum atomic E-state index is 0.633. The lowest BCUT2D eigenvalue weighted by Gasteiger charge is -2.23. The summed E-state index contributed by atoms with van der Waals surface area (Å²) in [5.41, 5.74) is 0. The predicted molar refractivity (Wildman–Crippen MR) is 69.8 cm³/mol. The summed E-state index contributed by atoms with van der Waals surface area (Å²) >= 11 is 0. The second-order valence-electron chi connectivity index (χ2n) is 4.99. The molecule has 16 heavy (non-hydrogen) atoms. The predicted octanol–water partition coefficient (Wildman–Crippen LogP) is 3.51. The molecule has 0 aromatic heterocycles. The van der Waals surface area contributed by atoms with E-state index in [1.807, 2.05) is 0 Å². The molecule has 1 unspecified atom stereocenters. The Morgan fingerprint density at radius 1 is 1.06 bits per heavy atom. The van der Waals surface area contributed by atoms with Crippen molar-refractivity contribution in [2.24, 2.45) is 0 Å². The third-order valence-electron chi connectivity index (χ3n) is 3.37. The van der Waals surface area contributed by atoms with Gasteiger partial charge in [0.05, 0.1) is 6.61 Å². The Bertz CT molecular complexity index is 144. The molecule has 1 heterocycles. The standard InChI is InChI=1S/C14H29NO/c1-2-3-4-5-6-9-12-16-13-14-10-7-8-11-15-14/h14-15H,2-13H2,1H3. The third-order valence-corrected chi connectivity index (χ3v) is 3.37. The smallest absolute Gasteiger partial charge is 0.0619 e. The van der Waals surface area contributed by atoms with E-state index in [0.29, 0.717) is 6.04 Å². The Morgan fingerprint density at radius 2 is 1.88 bits per heavy atom. The average molecular weight is 227 g/mol. The zero-order chi connectivity index (χ0) is 11.5. The first-order valence-electron chi connectivity index (χ1n) is 7.24. The van der Waals surface area contributed by atoms with Gasteiger partial charge in [0.2, 0.25) is 0 Å². The summed E-state index contributed by atoms with van der Waals surface area (Å²) in [6.07, 6.45) is 12.1. The Kier molecular flexibility index (Phi) is 8.83. The van der Waals surface area contributed by atoms with Crippen molar-refractivity contribution in [1.29, 1.82) is 0 Å². The van der Waals surface area contributed by atoms with Crippen LogP contribution in [0.4, 0.5) is 0 Å². The first-order chi connectivity index (χ1) is 7.93. The molecule has 1 fully saturated rings. The number of ether oxygens (including phenoxy) is 1. The van der Waals surface area contributed by atoms with Gasteiger partial charge in [-0.25, -0.2) is 0 Å². The maximum absolute atomic E-state index is 5.72. The van der Waals surface area contributed by atoms with Crippen LogP contribution in [0.3, 0.4) is 0 Å². The van der Waals surface area contributed by atoms with Crippen molar-refractivity contribution in [3.05, 3.63) is 0 Å². The molecule has 0 aromatic carbocycles. The van der Waals surface area contributed by atoms with Crippen molar-refractivity contribution in [1.82, 2.24) is 5.32 Å². The van der Waals surface area contributed by atoms with Gasteiger partial charge in [0.15, 0.2) is 0 Å². The zero-order valence-corrected chi connectivity index (χ0v) is 11.0. The van der Waals surface area contributed by atoms with E-state index in [0.717, 1.165) is 13.2 Å². The van der Waals surface area contributed by atoms with Crippen LogP contribution in [0.15, 0.2) is 0 Å². The summed E-state index contributed by atoms with van der Waals surface area (Å²) in [6.45, 7) is 5.34. The highest BCUT2D eigenvalue weighted by atomic mass is 16.5. The first-order valence-corrected chi connectivity index (χ1v) is 7.24. The molecule has 96 valence electrons. The Labute approximate surface area is 101 Å². The second-order valence-corrected chi connectivity index (χ2v) is 4.99. The summed E-state index contributed by atoms with van der Waals surface area (Å²) in [6, 6.07) is 0.633. The van der Waals surface area contributed by atoms with Crippen molar-refractivity contribution in [3.63, 3.8) is 0 Å². The fourth-order valence-electron chi connectivity index (χ4n) is 2.28. The fourth-order valence-corrected chi connectivity index (χ4v) is 2.28. The zero-order valence-electron chi connectivity index (χ0n) is 11.0. The molecule has 1 aliphatic heterocycles. The van der Waals surface area contributed by atoms with Gasteiger partial charge >= 0.3 is 0 Å². The molecule has 2 heteroatoms. The van der Waals surface area contributed by atoms with Crippen LogP contribution < -0.4 is 5.32 Å². The van der Waals surface area contributed by atoms with Gasteiger partial charge in [-0.3, -0.25) is 0 Å². The number of nitrogens with one attached hydrogen (secondary N) is 1. The monoisotopic (exact) mass is 227 g/mol. The van der Waals surface area contributed by atoms with E-state index in [2.05, 4.69) is 12.2 Å². The van der Waals surface area contributed by atoms with Gasteiger partial charge < -0.3 is 10.1 Å². The molecule has 0 spiro atoms. The summed E-state index contributed by atoms with van der Waals surface area (Å²) in [5.74, 6) is 0. The number of unbranched alkanes of at least 4 members (excludes halogenated alkanes) is 5. The minimum Gasteiger partial charge on any atom is -0.380 e. The summed E-state index contributed by atoms with van der Waals surface area (Å²) in [5, 5.41) is 3.51. The van der Waals surface area contributed by atoms with Crippen molar-refractivity contribution in [2.45, 2.75) is 70.8 Å². The van der Waals surface area contributed by atoms with E-state index in [1.165, 1.54) is 64.3 Å². The molecular weight excluding hydrogens is 198 g/mol. The fraction of sp³-hybridized carbons (Fsp3) is 1.00. The Hall–Kier alpha value is -0.0800. The van der Waals surface area contributed by atoms with Crippen LogP contribution in [0.5, 0.6) is 0 Å². The lowest BCUT2D eigenvalue weighted by Crippen LogP contribution is -2.37. The van der Waals surface area contributed by atoms with Crippen LogP contribution >= 0.6 is 0 Å². The maximum Gasteiger partial charge on any atom is 0.0619 e. The maximum atomic E-state index is 5.72. The quantitative estimate of drug-likeness (QED) is 0.609. The van der Waals surface area contributed by atoms with E-state index in [1.54, 1.807) is 0 Å². The molecule has 1 saturated heterocycles. The van der Waals surface area contributed by atoms with Crippen molar-refractivity contribution in [3.8, 4) is 0 Å². The van der Waals surface area contributed by atoms with Crippen LogP contribution in [0.1, 0.15) is 64.7 Å². The van der Waals surface area contributed by atoms with Crippen LogP contribution in [-0.2, 0) is 4.74 Å². The highest BCUT2D eigenvalue weighted by Gasteiger charge is 2.11. The molecule has 0 aromatic rings. The SMILES string of the molecule is CCCCCCCCOCC1CCCCN1. The van der Waals surface area contributed by atoms with E-state index in [9.17, 15) is 0 Å². The molecule has 0 bridgehead atoms. The normalized spacial score (nSPS) is 21.2. The minimum absolute atomic E-state index is 0.633. The molecule has 1 aliphatic rings. The van der Waals surface area contributed by atoms with Gasteiger partial charge in [0, 0.05) is 12.6 Å². The third kappa shape index (κ3) is 7.24. The summed E-state index contributed by atoms with van der Waals surface area (Å²) < 4.78 is 5.72. The molecule has 2 nitrogen and oxygen atoms in total. The van der Waals surface area contributed by atoms with Crippen molar-refractivity contribution in [2.75, 3.05) is 19.8 Å². The highest BCUT2D eigenvalue weighted by molar-refractivity contribution is 4.71. The number of rotatable bonds is 9. The second kappa shape index (κ2) is 10.1. The number of hydrogen-bond donors (Lipinski definition) is 1. The molecule has 0 radical (unpaired) electrons. The average Bonchev–Trinajstić information content (AvgIpc) is 2.34. The van der Waals surface area contributed by atoms with Crippen LogP contribution in [0.2, 0.25) is 0 Å². The van der Waals surface area contributed by atoms with Crippen LogP contribution in [-0.4, -0.2) is 25.8 Å². The van der Waals surface area contributed by atoms with Gasteiger partial charge in [-0.15, -0.1) is 0 Å². The first kappa shape index (κ1) is 14.0. The van der Waals surface area contributed by atoms with Crippen molar-refractivity contribution < 1.29 is 4.74 Å². The van der Waals surface area contributed by atoms with E-state index < -0.39 is 0 Å². The Morgan fingerprint density at radius 3 is 2.62 bits per heavy atom. The summed E-state index contributed by atoms with van der Waals surface area (Å²) in [4.78, 5) is 0. The molecule has 1 rings (SSSR count). The van der Waals surface area contributed by atoms with Gasteiger partial charge in [-0.2, -0.15) is 0 Å². The van der Waals surface area contributed by atoms with E-state index >= 15 is 0 Å². The summed E-state index contributed by atoms with van der Waals surface area (Å²) in [7, 11) is 0. The number of hydrogen-bond acceptors (Lipinski definition) is 2. The van der Waals surface area contributed by atoms with E-state index in [-0.39, 0.29) is 0 Å². The largest absolute Gasteiger partial charge is 0.380 e. The Balaban J connectivity index is 1.77. The van der Waals surface area contributed by atoms with E-state index in [4.69, 9.17) is 4.74 Å². The van der Waals surface area contributed by atoms with Crippen molar-refractivity contribution >= 4 is 0 Å². The number of piperidine rings is 1. The molecule has 1 atom stereocenters. The topological polar surface area (TPSA) is 21.3 Å². The lowest BCUT2D eigenvalue weighted by atomic mass is 10.1. The van der Waals surface area contributed by atoms with Gasteiger partial charge in [0.1, 0.15) is 0 Å². The van der Waals surface area contributed by atoms with Crippen LogP contribution in [0, 0.1) is 0 Å². The molecular formula is C14H29NO. The molecule has 1 N–H and O–H groups in total. The molecule has 0 aliphatic carbocycles. The highest BCUT2D eigenvalue weighted by Crippen LogP contribution is 2.08. The van der Waals surface area contributed by atoms with Gasteiger partial charge in [-0.1, -0.05) is 45.4 Å². The van der Waals surface area contributed by atoms with Gasteiger partial charge in [0.25, 0.3) is 0 Å². The lowest BCUT2D eigenvalue weighted by molar-refractivity contribution is 0.0997. The van der Waals surface area contributed by atoms with Gasteiger partial charge in [-0.05, 0) is 25.8 Å². The van der Waals surface area contributed by atoms with Crippen LogP contribution in [0.25, 0.3) is 0 Å².